The van der Waals surface area contributed by atoms with Crippen LogP contribution in [0.5, 0.6) is 0 Å². The molecule has 106 valence electrons. The Labute approximate surface area is 125 Å². The normalized spacial score (nSPS) is 13.4. The number of carboxylic acids is 1. The molecular formula is C15H12N2O3S. The summed E-state index contributed by atoms with van der Waals surface area (Å²) in [5.74, 6) is -1.15. The Bertz CT molecular complexity index is 745. The summed E-state index contributed by atoms with van der Waals surface area (Å²) in [7, 11) is 0. The molecule has 1 amide bonds. The summed E-state index contributed by atoms with van der Waals surface area (Å²) in [4.78, 5) is 30.3. The number of pyridine rings is 1. The van der Waals surface area contributed by atoms with E-state index in [4.69, 9.17) is 5.11 Å². The van der Waals surface area contributed by atoms with Gasteiger partial charge in [-0.05, 0) is 37.3 Å². The van der Waals surface area contributed by atoms with Crippen LogP contribution < -0.4 is 4.90 Å². The molecule has 1 aromatic carbocycles. The van der Waals surface area contributed by atoms with Gasteiger partial charge in [-0.1, -0.05) is 11.8 Å². The molecule has 2 heterocycles. The number of carbonyl (C=O) groups excluding carboxylic acids is 1. The summed E-state index contributed by atoms with van der Waals surface area (Å²) >= 11 is 1.32. The van der Waals surface area contributed by atoms with Crippen molar-refractivity contribution in [2.75, 3.05) is 11.4 Å². The van der Waals surface area contributed by atoms with Gasteiger partial charge in [0.25, 0.3) is 5.91 Å². The van der Waals surface area contributed by atoms with Crippen LogP contribution in [0.2, 0.25) is 0 Å². The minimum absolute atomic E-state index is 0.135. The second-order valence-corrected chi connectivity index (χ2v) is 5.53. The van der Waals surface area contributed by atoms with Crippen LogP contribution >= 0.6 is 11.8 Å². The van der Waals surface area contributed by atoms with Gasteiger partial charge in [-0.2, -0.15) is 0 Å². The summed E-state index contributed by atoms with van der Waals surface area (Å²) < 4.78 is 0. The summed E-state index contributed by atoms with van der Waals surface area (Å²) in [5.41, 5.74) is 1.42. The zero-order valence-corrected chi connectivity index (χ0v) is 12.1. The number of aromatic nitrogens is 1. The number of carbonyl (C=O) groups is 2. The van der Waals surface area contributed by atoms with E-state index in [-0.39, 0.29) is 11.5 Å². The van der Waals surface area contributed by atoms with E-state index in [1.807, 2.05) is 13.0 Å². The Balaban J connectivity index is 2.20. The maximum atomic E-state index is 12.6. The Hall–Kier alpha value is -2.34. The van der Waals surface area contributed by atoms with Crippen molar-refractivity contribution in [2.45, 2.75) is 16.8 Å². The molecule has 1 N–H and O–H groups in total. The number of benzene rings is 1. The number of hydrogen-bond donors (Lipinski definition) is 1. The molecular weight excluding hydrogens is 288 g/mol. The Morgan fingerprint density at radius 3 is 2.90 bits per heavy atom. The van der Waals surface area contributed by atoms with E-state index in [1.54, 1.807) is 23.2 Å². The standard InChI is InChI=1S/C15H12N2O3S/c1-2-17-11-4-3-7-16-13(11)21-12-8-9(15(19)20)5-6-10(12)14(17)18/h3-8H,2H2,1H3,(H,19,20). The molecule has 0 radical (unpaired) electrons. The first-order chi connectivity index (χ1) is 10.1. The van der Waals surface area contributed by atoms with E-state index < -0.39 is 5.97 Å². The van der Waals surface area contributed by atoms with Gasteiger partial charge in [-0.3, -0.25) is 4.79 Å². The summed E-state index contributed by atoms with van der Waals surface area (Å²) in [6.45, 7) is 2.42. The topological polar surface area (TPSA) is 70.5 Å². The molecule has 0 saturated heterocycles. The first kappa shape index (κ1) is 13.6. The fourth-order valence-corrected chi connectivity index (χ4v) is 3.31. The smallest absolute Gasteiger partial charge is 0.335 e. The highest BCUT2D eigenvalue weighted by atomic mass is 32.2. The molecule has 0 fully saturated rings. The van der Waals surface area contributed by atoms with Crippen molar-refractivity contribution >= 4 is 29.3 Å². The lowest BCUT2D eigenvalue weighted by Gasteiger charge is -2.20. The van der Waals surface area contributed by atoms with Crippen LogP contribution in [0.1, 0.15) is 27.6 Å². The second kappa shape index (κ2) is 5.21. The van der Waals surface area contributed by atoms with Gasteiger partial charge in [0.05, 0.1) is 16.8 Å². The summed E-state index contributed by atoms with van der Waals surface area (Å²) in [6.07, 6.45) is 1.66. The SMILES string of the molecule is CCN1C(=O)c2ccc(C(=O)O)cc2Sc2ncccc21. The lowest BCUT2D eigenvalue weighted by Crippen LogP contribution is -2.30. The van der Waals surface area contributed by atoms with E-state index in [2.05, 4.69) is 4.98 Å². The van der Waals surface area contributed by atoms with Gasteiger partial charge in [0.2, 0.25) is 0 Å². The Morgan fingerprint density at radius 2 is 2.19 bits per heavy atom. The predicted molar refractivity (Wildman–Crippen MR) is 79.1 cm³/mol. The molecule has 0 spiro atoms. The maximum absolute atomic E-state index is 12.6. The number of nitrogens with zero attached hydrogens (tertiary/aromatic N) is 2. The van der Waals surface area contributed by atoms with E-state index >= 15 is 0 Å². The van der Waals surface area contributed by atoms with Crippen molar-refractivity contribution in [1.29, 1.82) is 0 Å². The quantitative estimate of drug-likeness (QED) is 0.923. The molecule has 1 aliphatic rings. The first-order valence-corrected chi connectivity index (χ1v) is 7.25. The third-order valence-electron chi connectivity index (χ3n) is 3.27. The monoisotopic (exact) mass is 300 g/mol. The van der Waals surface area contributed by atoms with Crippen LogP contribution in [0.3, 0.4) is 0 Å². The number of amides is 1. The lowest BCUT2D eigenvalue weighted by molar-refractivity contribution is 0.0696. The van der Waals surface area contributed by atoms with Gasteiger partial charge in [-0.15, -0.1) is 0 Å². The highest BCUT2D eigenvalue weighted by molar-refractivity contribution is 7.99. The zero-order valence-electron chi connectivity index (χ0n) is 11.2. The van der Waals surface area contributed by atoms with Crippen LogP contribution in [0.25, 0.3) is 0 Å². The van der Waals surface area contributed by atoms with Crippen LogP contribution in [0.15, 0.2) is 46.5 Å². The van der Waals surface area contributed by atoms with Crippen LogP contribution in [-0.2, 0) is 0 Å². The van der Waals surface area contributed by atoms with E-state index in [1.165, 1.54) is 23.9 Å². The third-order valence-corrected chi connectivity index (χ3v) is 4.33. The van der Waals surface area contributed by atoms with Crippen LogP contribution in [-0.4, -0.2) is 28.5 Å². The molecule has 1 aliphatic heterocycles. The van der Waals surface area contributed by atoms with E-state index in [0.717, 1.165) is 5.69 Å². The fraction of sp³-hybridized carbons (Fsp3) is 0.133. The summed E-state index contributed by atoms with van der Waals surface area (Å²) in [6, 6.07) is 8.19. The number of carboxylic acid groups (broad SMARTS) is 1. The van der Waals surface area contributed by atoms with Crippen molar-refractivity contribution in [2.24, 2.45) is 0 Å². The number of aromatic carboxylic acids is 1. The molecule has 0 saturated carbocycles. The molecule has 0 unspecified atom stereocenters. The van der Waals surface area contributed by atoms with Gasteiger partial charge < -0.3 is 10.0 Å². The van der Waals surface area contributed by atoms with Crippen LogP contribution in [0, 0.1) is 0 Å². The largest absolute Gasteiger partial charge is 0.478 e. The average Bonchev–Trinajstić information content (AvgIpc) is 2.60. The van der Waals surface area contributed by atoms with Crippen molar-refractivity contribution in [3.63, 3.8) is 0 Å². The Kier molecular flexibility index (Phi) is 3.39. The Morgan fingerprint density at radius 1 is 1.38 bits per heavy atom. The highest BCUT2D eigenvalue weighted by Gasteiger charge is 2.27. The average molecular weight is 300 g/mol. The zero-order chi connectivity index (χ0) is 15.0. The van der Waals surface area contributed by atoms with E-state index in [9.17, 15) is 9.59 Å². The summed E-state index contributed by atoms with van der Waals surface area (Å²) in [5, 5.41) is 9.80. The molecule has 0 aliphatic carbocycles. The number of anilines is 1. The number of rotatable bonds is 2. The van der Waals surface area contributed by atoms with Gasteiger partial charge in [0, 0.05) is 17.6 Å². The van der Waals surface area contributed by atoms with Crippen molar-refractivity contribution in [1.82, 2.24) is 4.98 Å². The molecule has 0 atom stereocenters. The van der Waals surface area contributed by atoms with Gasteiger partial charge in [0.1, 0.15) is 5.03 Å². The van der Waals surface area contributed by atoms with Crippen molar-refractivity contribution in [3.05, 3.63) is 47.7 Å². The van der Waals surface area contributed by atoms with Gasteiger partial charge in [0.15, 0.2) is 0 Å². The van der Waals surface area contributed by atoms with Crippen molar-refractivity contribution < 1.29 is 14.7 Å². The first-order valence-electron chi connectivity index (χ1n) is 6.44. The lowest BCUT2D eigenvalue weighted by atomic mass is 10.1. The molecule has 5 nitrogen and oxygen atoms in total. The van der Waals surface area contributed by atoms with Gasteiger partial charge in [-0.25, -0.2) is 9.78 Å². The third kappa shape index (κ3) is 2.27. The molecule has 3 rings (SSSR count). The second-order valence-electron chi connectivity index (χ2n) is 4.50. The molecule has 6 heteroatoms. The minimum Gasteiger partial charge on any atom is -0.478 e. The molecule has 0 bridgehead atoms. The molecule has 2 aromatic rings. The fourth-order valence-electron chi connectivity index (χ4n) is 2.26. The van der Waals surface area contributed by atoms with Gasteiger partial charge >= 0.3 is 5.97 Å². The number of fused-ring (bicyclic) bond motifs is 2. The predicted octanol–water partition coefficient (Wildman–Crippen LogP) is 2.91. The minimum atomic E-state index is -1.01. The van der Waals surface area contributed by atoms with E-state index in [0.29, 0.717) is 22.0 Å². The highest BCUT2D eigenvalue weighted by Crippen LogP contribution is 2.40. The number of hydrogen-bond acceptors (Lipinski definition) is 4. The van der Waals surface area contributed by atoms with Crippen molar-refractivity contribution in [3.8, 4) is 0 Å². The molecule has 21 heavy (non-hydrogen) atoms. The van der Waals surface area contributed by atoms with Crippen LogP contribution in [0.4, 0.5) is 5.69 Å². The molecule has 1 aromatic heterocycles. The maximum Gasteiger partial charge on any atom is 0.335 e.